The van der Waals surface area contributed by atoms with Crippen LogP contribution in [-0.4, -0.2) is 5.75 Å². The summed E-state index contributed by atoms with van der Waals surface area (Å²) in [6.45, 7) is 4.19. The molecule has 0 saturated carbocycles. The highest BCUT2D eigenvalue weighted by molar-refractivity contribution is 14.1. The van der Waals surface area contributed by atoms with Gasteiger partial charge >= 0.3 is 0 Å². The summed E-state index contributed by atoms with van der Waals surface area (Å²) in [5.41, 5.74) is 3.12. The van der Waals surface area contributed by atoms with E-state index in [4.69, 9.17) is 16.0 Å². The third kappa shape index (κ3) is 2.96. The number of halogens is 2. The van der Waals surface area contributed by atoms with Gasteiger partial charge in [0.1, 0.15) is 11.3 Å². The van der Waals surface area contributed by atoms with Gasteiger partial charge in [-0.2, -0.15) is 0 Å². The smallest absolute Gasteiger partial charge is 0.148 e. The van der Waals surface area contributed by atoms with Gasteiger partial charge in [-0.15, -0.1) is 11.8 Å². The summed E-state index contributed by atoms with van der Waals surface area (Å²) < 4.78 is 7.40. The molecule has 1 aromatic heterocycles. The van der Waals surface area contributed by atoms with Crippen molar-refractivity contribution in [2.45, 2.75) is 18.7 Å². The summed E-state index contributed by atoms with van der Waals surface area (Å²) in [6, 6.07) is 12.4. The zero-order valence-corrected chi connectivity index (χ0v) is 15.5. The highest BCUT2D eigenvalue weighted by Crippen LogP contribution is 2.42. The molecule has 0 unspecified atom stereocenters. The number of rotatable bonds is 3. The highest BCUT2D eigenvalue weighted by atomic mass is 127. The van der Waals surface area contributed by atoms with Crippen LogP contribution in [0.25, 0.3) is 22.3 Å². The molecule has 4 heteroatoms. The lowest BCUT2D eigenvalue weighted by Gasteiger charge is -2.02. The molecule has 0 fully saturated rings. The fourth-order valence-corrected chi connectivity index (χ4v) is 3.90. The molecular formula is C17H14ClIOS. The molecule has 3 aromatic rings. The molecule has 0 saturated heterocycles. The molecule has 3 rings (SSSR count). The quantitative estimate of drug-likeness (QED) is 0.337. The molecular weight excluding hydrogens is 415 g/mol. The number of hydrogen-bond donors (Lipinski definition) is 0. The third-order valence-corrected chi connectivity index (χ3v) is 5.21. The molecule has 0 aliphatic heterocycles. The molecule has 108 valence electrons. The lowest BCUT2D eigenvalue weighted by atomic mass is 10.1. The Morgan fingerprint density at radius 1 is 1.19 bits per heavy atom. The van der Waals surface area contributed by atoms with Crippen molar-refractivity contribution < 1.29 is 4.42 Å². The largest absolute Gasteiger partial charge is 0.455 e. The van der Waals surface area contributed by atoms with Crippen molar-refractivity contribution in [3.8, 4) is 11.3 Å². The Kier molecular flexibility index (Phi) is 4.52. The van der Waals surface area contributed by atoms with E-state index in [9.17, 15) is 0 Å². The lowest BCUT2D eigenvalue weighted by molar-refractivity contribution is 0.622. The van der Waals surface area contributed by atoms with Crippen molar-refractivity contribution in [1.82, 2.24) is 0 Å². The molecule has 0 aliphatic rings. The molecule has 0 spiro atoms. The van der Waals surface area contributed by atoms with Crippen LogP contribution in [0.2, 0.25) is 5.02 Å². The predicted molar refractivity (Wildman–Crippen MR) is 101 cm³/mol. The summed E-state index contributed by atoms with van der Waals surface area (Å²) >= 11 is 10.3. The van der Waals surface area contributed by atoms with Crippen LogP contribution in [-0.2, 0) is 0 Å². The summed E-state index contributed by atoms with van der Waals surface area (Å²) in [5, 5.41) is 1.87. The van der Waals surface area contributed by atoms with Gasteiger partial charge in [0, 0.05) is 19.5 Å². The SMILES string of the molecule is CCSc1c(-c2ccc(I)cc2)oc2c(C)cc(Cl)cc12. The lowest BCUT2D eigenvalue weighted by Crippen LogP contribution is -1.79. The molecule has 0 N–H and O–H groups in total. The maximum absolute atomic E-state index is 6.22. The van der Waals surface area contributed by atoms with Crippen molar-refractivity contribution in [2.75, 3.05) is 5.75 Å². The van der Waals surface area contributed by atoms with Crippen molar-refractivity contribution in [2.24, 2.45) is 0 Å². The third-order valence-electron chi connectivity index (χ3n) is 3.29. The van der Waals surface area contributed by atoms with Gasteiger partial charge in [0.25, 0.3) is 0 Å². The second kappa shape index (κ2) is 6.23. The number of benzene rings is 2. The fraction of sp³-hybridized carbons (Fsp3) is 0.176. The standard InChI is InChI=1S/C17H14ClIOS/c1-3-21-17-14-9-12(18)8-10(2)15(14)20-16(17)11-4-6-13(19)7-5-11/h4-9H,3H2,1-2H3. The molecule has 0 atom stereocenters. The van der Waals surface area contributed by atoms with E-state index >= 15 is 0 Å². The predicted octanol–water partition coefficient (Wildman–Crippen LogP) is 6.78. The van der Waals surface area contributed by atoms with Crippen LogP contribution in [0.5, 0.6) is 0 Å². The van der Waals surface area contributed by atoms with Crippen molar-refractivity contribution in [1.29, 1.82) is 0 Å². The maximum atomic E-state index is 6.22. The van der Waals surface area contributed by atoms with E-state index in [0.29, 0.717) is 0 Å². The summed E-state index contributed by atoms with van der Waals surface area (Å²) in [7, 11) is 0. The number of furan rings is 1. The Balaban J connectivity index is 2.28. The average Bonchev–Trinajstić information content (AvgIpc) is 2.80. The van der Waals surface area contributed by atoms with E-state index in [-0.39, 0.29) is 0 Å². The average molecular weight is 429 g/mol. The van der Waals surface area contributed by atoms with Crippen LogP contribution in [0.4, 0.5) is 0 Å². The zero-order valence-electron chi connectivity index (χ0n) is 11.7. The second-order valence-corrected chi connectivity index (χ2v) is 7.76. The van der Waals surface area contributed by atoms with Gasteiger partial charge in [0.05, 0.1) is 4.90 Å². The molecule has 0 radical (unpaired) electrons. The number of hydrogen-bond acceptors (Lipinski definition) is 2. The van der Waals surface area contributed by atoms with E-state index in [0.717, 1.165) is 38.6 Å². The van der Waals surface area contributed by atoms with Gasteiger partial charge in [-0.1, -0.05) is 30.7 Å². The molecule has 1 heterocycles. The van der Waals surface area contributed by atoms with E-state index in [1.807, 2.05) is 19.1 Å². The normalized spacial score (nSPS) is 11.2. The second-order valence-electron chi connectivity index (χ2n) is 4.80. The summed E-state index contributed by atoms with van der Waals surface area (Å²) in [6.07, 6.45) is 0. The first-order valence-corrected chi connectivity index (χ1v) is 9.15. The Morgan fingerprint density at radius 2 is 1.90 bits per heavy atom. The zero-order chi connectivity index (χ0) is 15.0. The van der Waals surface area contributed by atoms with Crippen LogP contribution in [0, 0.1) is 10.5 Å². The molecule has 2 aromatic carbocycles. The van der Waals surface area contributed by atoms with E-state index < -0.39 is 0 Å². The first-order chi connectivity index (χ1) is 10.1. The van der Waals surface area contributed by atoms with E-state index in [1.165, 1.54) is 8.47 Å². The minimum Gasteiger partial charge on any atom is -0.455 e. The Bertz CT molecular complexity index is 793. The van der Waals surface area contributed by atoms with Crippen molar-refractivity contribution in [3.63, 3.8) is 0 Å². The molecule has 0 aliphatic carbocycles. The Hall–Kier alpha value is -0.650. The van der Waals surface area contributed by atoms with Crippen LogP contribution in [0.1, 0.15) is 12.5 Å². The fourth-order valence-electron chi connectivity index (χ4n) is 2.38. The van der Waals surface area contributed by atoms with Gasteiger partial charge in [0.2, 0.25) is 0 Å². The minimum absolute atomic E-state index is 0.757. The summed E-state index contributed by atoms with van der Waals surface area (Å²) in [4.78, 5) is 1.18. The summed E-state index contributed by atoms with van der Waals surface area (Å²) in [5.74, 6) is 1.94. The first-order valence-electron chi connectivity index (χ1n) is 6.71. The van der Waals surface area contributed by atoms with E-state index in [2.05, 4.69) is 53.8 Å². The van der Waals surface area contributed by atoms with Crippen molar-refractivity contribution >= 4 is 56.9 Å². The number of thioether (sulfide) groups is 1. The first kappa shape index (κ1) is 15.3. The Labute approximate surface area is 147 Å². The van der Waals surface area contributed by atoms with E-state index in [1.54, 1.807) is 11.8 Å². The molecule has 21 heavy (non-hydrogen) atoms. The molecule has 1 nitrogen and oxygen atoms in total. The van der Waals surface area contributed by atoms with Crippen LogP contribution >= 0.6 is 46.0 Å². The van der Waals surface area contributed by atoms with Gasteiger partial charge < -0.3 is 4.42 Å². The van der Waals surface area contributed by atoms with Gasteiger partial charge in [-0.05, 0) is 65.1 Å². The van der Waals surface area contributed by atoms with Crippen LogP contribution in [0.15, 0.2) is 45.7 Å². The topological polar surface area (TPSA) is 13.1 Å². The monoisotopic (exact) mass is 428 g/mol. The Morgan fingerprint density at radius 3 is 2.57 bits per heavy atom. The van der Waals surface area contributed by atoms with Crippen LogP contribution < -0.4 is 0 Å². The molecule has 0 amide bonds. The van der Waals surface area contributed by atoms with Gasteiger partial charge in [-0.25, -0.2) is 0 Å². The molecule has 0 bridgehead atoms. The number of fused-ring (bicyclic) bond motifs is 1. The van der Waals surface area contributed by atoms with Gasteiger partial charge in [0.15, 0.2) is 0 Å². The maximum Gasteiger partial charge on any atom is 0.148 e. The van der Waals surface area contributed by atoms with Gasteiger partial charge in [-0.3, -0.25) is 0 Å². The van der Waals surface area contributed by atoms with Crippen molar-refractivity contribution in [3.05, 3.63) is 50.6 Å². The number of aryl methyl sites for hydroxylation is 1. The van der Waals surface area contributed by atoms with Crippen LogP contribution in [0.3, 0.4) is 0 Å². The highest BCUT2D eigenvalue weighted by Gasteiger charge is 2.18. The minimum atomic E-state index is 0.757.